The third-order valence-corrected chi connectivity index (χ3v) is 3.06. The zero-order valence-electron chi connectivity index (χ0n) is 11.4. The molecule has 0 saturated carbocycles. The van der Waals surface area contributed by atoms with Crippen molar-refractivity contribution in [1.29, 1.82) is 0 Å². The lowest BCUT2D eigenvalue weighted by Crippen LogP contribution is -2.25. The van der Waals surface area contributed by atoms with E-state index in [1.807, 2.05) is 18.5 Å². The summed E-state index contributed by atoms with van der Waals surface area (Å²) in [5.41, 5.74) is 9.30. The van der Waals surface area contributed by atoms with E-state index in [1.54, 1.807) is 0 Å². The molecule has 1 aromatic carbocycles. The first kappa shape index (κ1) is 13.6. The lowest BCUT2D eigenvalue weighted by Gasteiger charge is -2.24. The second kappa shape index (κ2) is 6.90. The van der Waals surface area contributed by atoms with E-state index in [0.29, 0.717) is 0 Å². The van der Waals surface area contributed by atoms with E-state index in [0.717, 1.165) is 26.1 Å². The Labute approximate surface area is 115 Å². The van der Waals surface area contributed by atoms with Crippen LogP contribution >= 0.6 is 0 Å². The van der Waals surface area contributed by atoms with E-state index in [-0.39, 0.29) is 0 Å². The summed E-state index contributed by atoms with van der Waals surface area (Å²) in [5.74, 6) is 0. The van der Waals surface area contributed by atoms with Crippen LogP contribution in [0.4, 0.5) is 5.69 Å². The molecule has 1 heterocycles. The number of nitrogens with zero attached hydrogens (tertiary/aromatic N) is 2. The molecule has 0 atom stereocenters. The maximum absolute atomic E-state index is 5.63. The van der Waals surface area contributed by atoms with Crippen molar-refractivity contribution >= 4 is 5.69 Å². The molecule has 0 aliphatic heterocycles. The third kappa shape index (κ3) is 4.07. The minimum absolute atomic E-state index is 0.718. The van der Waals surface area contributed by atoms with Crippen LogP contribution in [-0.2, 0) is 6.54 Å². The highest BCUT2D eigenvalue weighted by atomic mass is 15.1. The van der Waals surface area contributed by atoms with Crippen LogP contribution in [0.2, 0.25) is 0 Å². The molecule has 0 aliphatic rings. The maximum atomic E-state index is 5.63. The van der Waals surface area contributed by atoms with Crippen molar-refractivity contribution in [3.63, 3.8) is 0 Å². The van der Waals surface area contributed by atoms with Crippen LogP contribution in [0, 0.1) is 6.92 Å². The van der Waals surface area contributed by atoms with Crippen LogP contribution in [0.15, 0.2) is 48.8 Å². The smallest absolute Gasteiger partial charge is 0.0444 e. The van der Waals surface area contributed by atoms with Gasteiger partial charge in [-0.3, -0.25) is 4.98 Å². The quantitative estimate of drug-likeness (QED) is 0.863. The molecule has 0 aliphatic carbocycles. The highest BCUT2D eigenvalue weighted by Crippen LogP contribution is 2.17. The molecule has 19 heavy (non-hydrogen) atoms. The van der Waals surface area contributed by atoms with Gasteiger partial charge in [0.15, 0.2) is 0 Å². The number of hydrogen-bond acceptors (Lipinski definition) is 3. The Kier molecular flexibility index (Phi) is 4.93. The van der Waals surface area contributed by atoms with Crippen molar-refractivity contribution < 1.29 is 0 Å². The van der Waals surface area contributed by atoms with E-state index < -0.39 is 0 Å². The zero-order chi connectivity index (χ0) is 13.5. The van der Waals surface area contributed by atoms with Gasteiger partial charge in [0.2, 0.25) is 0 Å². The Morgan fingerprint density at radius 1 is 1.16 bits per heavy atom. The van der Waals surface area contributed by atoms with E-state index in [4.69, 9.17) is 5.73 Å². The Morgan fingerprint density at radius 2 is 1.95 bits per heavy atom. The normalized spacial score (nSPS) is 10.4. The van der Waals surface area contributed by atoms with E-state index >= 15 is 0 Å². The maximum Gasteiger partial charge on any atom is 0.0444 e. The average Bonchev–Trinajstić information content (AvgIpc) is 2.44. The molecule has 0 radical (unpaired) electrons. The molecule has 3 heteroatoms. The zero-order valence-corrected chi connectivity index (χ0v) is 11.4. The molecule has 2 aromatic rings. The van der Waals surface area contributed by atoms with Crippen molar-refractivity contribution in [2.75, 3.05) is 18.0 Å². The highest BCUT2D eigenvalue weighted by Gasteiger charge is 2.07. The first-order chi connectivity index (χ1) is 9.29. The first-order valence-electron chi connectivity index (χ1n) is 6.70. The Hall–Kier alpha value is -1.87. The largest absolute Gasteiger partial charge is 0.367 e. The number of aryl methyl sites for hydroxylation is 1. The predicted molar refractivity (Wildman–Crippen MR) is 80.1 cm³/mol. The minimum Gasteiger partial charge on any atom is -0.367 e. The molecule has 0 amide bonds. The summed E-state index contributed by atoms with van der Waals surface area (Å²) in [4.78, 5) is 6.61. The Morgan fingerprint density at radius 3 is 2.63 bits per heavy atom. The van der Waals surface area contributed by atoms with E-state index in [2.05, 4.69) is 47.1 Å². The van der Waals surface area contributed by atoms with Gasteiger partial charge in [-0.2, -0.15) is 0 Å². The van der Waals surface area contributed by atoms with Gasteiger partial charge in [0, 0.05) is 31.2 Å². The average molecular weight is 255 g/mol. The molecule has 0 bridgehead atoms. The molecule has 100 valence electrons. The number of para-hydroxylation sites is 1. The molecular weight excluding hydrogens is 234 g/mol. The van der Waals surface area contributed by atoms with Gasteiger partial charge in [0.1, 0.15) is 0 Å². The van der Waals surface area contributed by atoms with E-state index in [9.17, 15) is 0 Å². The monoisotopic (exact) mass is 255 g/mol. The number of hydrogen-bond donors (Lipinski definition) is 1. The Bertz CT molecular complexity index is 496. The summed E-state index contributed by atoms with van der Waals surface area (Å²) in [5, 5.41) is 0. The van der Waals surface area contributed by atoms with Gasteiger partial charge < -0.3 is 10.6 Å². The predicted octanol–water partition coefficient (Wildman–Crippen LogP) is 2.75. The van der Waals surface area contributed by atoms with Gasteiger partial charge in [0.25, 0.3) is 0 Å². The summed E-state index contributed by atoms with van der Waals surface area (Å²) in [6.07, 6.45) is 4.82. The fraction of sp³-hybridized carbons (Fsp3) is 0.312. The second-order valence-corrected chi connectivity index (χ2v) is 4.77. The van der Waals surface area contributed by atoms with Crippen LogP contribution in [0.1, 0.15) is 17.5 Å². The van der Waals surface area contributed by atoms with Crippen LogP contribution in [0.3, 0.4) is 0 Å². The van der Waals surface area contributed by atoms with Gasteiger partial charge in [0.05, 0.1) is 0 Å². The molecule has 2 rings (SSSR count). The van der Waals surface area contributed by atoms with Crippen LogP contribution < -0.4 is 10.6 Å². The molecule has 1 aromatic heterocycles. The van der Waals surface area contributed by atoms with Crippen LogP contribution in [-0.4, -0.2) is 18.1 Å². The molecule has 0 unspecified atom stereocenters. The van der Waals surface area contributed by atoms with Crippen molar-refractivity contribution in [2.45, 2.75) is 19.9 Å². The second-order valence-electron chi connectivity index (χ2n) is 4.77. The van der Waals surface area contributed by atoms with Gasteiger partial charge >= 0.3 is 0 Å². The number of benzene rings is 1. The molecule has 0 saturated heterocycles. The highest BCUT2D eigenvalue weighted by molar-refractivity contribution is 5.46. The summed E-state index contributed by atoms with van der Waals surface area (Å²) in [6.45, 7) is 4.63. The van der Waals surface area contributed by atoms with Crippen molar-refractivity contribution in [2.24, 2.45) is 5.73 Å². The van der Waals surface area contributed by atoms with Crippen molar-refractivity contribution in [3.8, 4) is 0 Å². The Balaban J connectivity index is 2.14. The summed E-state index contributed by atoms with van der Waals surface area (Å²) < 4.78 is 0. The fourth-order valence-corrected chi connectivity index (χ4v) is 2.14. The minimum atomic E-state index is 0.718. The van der Waals surface area contributed by atoms with Crippen LogP contribution in [0.5, 0.6) is 0 Å². The lowest BCUT2D eigenvalue weighted by molar-refractivity contribution is 0.734. The fourth-order valence-electron chi connectivity index (χ4n) is 2.14. The summed E-state index contributed by atoms with van der Waals surface area (Å²) in [7, 11) is 0. The summed E-state index contributed by atoms with van der Waals surface area (Å²) >= 11 is 0. The topological polar surface area (TPSA) is 42.2 Å². The third-order valence-electron chi connectivity index (χ3n) is 3.06. The van der Waals surface area contributed by atoms with Gasteiger partial charge in [-0.1, -0.05) is 24.3 Å². The van der Waals surface area contributed by atoms with Gasteiger partial charge in [-0.25, -0.2) is 0 Å². The molecule has 0 fully saturated rings. The number of aromatic nitrogens is 1. The van der Waals surface area contributed by atoms with Crippen LogP contribution in [0.25, 0.3) is 0 Å². The van der Waals surface area contributed by atoms with Gasteiger partial charge in [-0.05, 0) is 43.1 Å². The standard InChI is InChI=1S/C16H21N3/c1-14-10-15(12-18-11-14)13-19(9-5-8-17)16-6-3-2-4-7-16/h2-4,6-7,10-12H,5,8-9,13,17H2,1H3. The molecular formula is C16H21N3. The van der Waals surface area contributed by atoms with Crippen molar-refractivity contribution in [1.82, 2.24) is 4.98 Å². The molecule has 3 nitrogen and oxygen atoms in total. The van der Waals surface area contributed by atoms with Crippen molar-refractivity contribution in [3.05, 3.63) is 59.9 Å². The molecule has 2 N–H and O–H groups in total. The molecule has 0 spiro atoms. The number of rotatable bonds is 6. The number of nitrogens with two attached hydrogens (primary N) is 1. The van der Waals surface area contributed by atoms with E-state index in [1.165, 1.54) is 16.8 Å². The van der Waals surface area contributed by atoms with Gasteiger partial charge in [-0.15, -0.1) is 0 Å². The first-order valence-corrected chi connectivity index (χ1v) is 6.70. The number of pyridine rings is 1. The summed E-state index contributed by atoms with van der Waals surface area (Å²) in [6, 6.07) is 12.6. The SMILES string of the molecule is Cc1cncc(CN(CCCN)c2ccccc2)c1. The number of anilines is 1. The lowest BCUT2D eigenvalue weighted by atomic mass is 10.2.